The van der Waals surface area contributed by atoms with E-state index in [4.69, 9.17) is 9.47 Å². The zero-order valence-corrected chi connectivity index (χ0v) is 20.0. The number of nitrogens with zero attached hydrogens (tertiary/aromatic N) is 2. The van der Waals surface area contributed by atoms with E-state index in [-0.39, 0.29) is 22.9 Å². The number of hydrogen-bond acceptors (Lipinski definition) is 8. The first-order valence-corrected chi connectivity index (χ1v) is 12.8. The number of anilines is 1. The fourth-order valence-electron chi connectivity index (χ4n) is 3.63. The molecule has 0 atom stereocenters. The molecule has 0 unspecified atom stereocenters. The number of ether oxygens (including phenoxy) is 2. The molecule has 2 N–H and O–H groups in total. The average molecular weight is 522 g/mol. The summed E-state index contributed by atoms with van der Waals surface area (Å²) in [6.07, 6.45) is 0. The molecule has 1 aromatic heterocycles. The highest BCUT2D eigenvalue weighted by Crippen LogP contribution is 2.40. The van der Waals surface area contributed by atoms with Gasteiger partial charge in [0, 0.05) is 12.7 Å². The molecule has 0 saturated heterocycles. The molecule has 4 rings (SSSR count). The van der Waals surface area contributed by atoms with Crippen LogP contribution in [0.15, 0.2) is 59.5 Å². The number of aromatic nitrogens is 1. The van der Waals surface area contributed by atoms with E-state index >= 15 is 0 Å². The monoisotopic (exact) mass is 521 g/mol. The number of esters is 1. The van der Waals surface area contributed by atoms with Crippen LogP contribution in [0.2, 0.25) is 0 Å². The summed E-state index contributed by atoms with van der Waals surface area (Å²) < 4.78 is 66.2. The Morgan fingerprint density at radius 1 is 1.09 bits per heavy atom. The second-order valence-electron chi connectivity index (χ2n) is 7.38. The van der Waals surface area contributed by atoms with E-state index in [1.54, 1.807) is 10.2 Å². The Balaban J connectivity index is 1.71. The number of sulfonamides is 1. The SMILES string of the molecule is COc1c2cccc1N(S(=O)(=O)NS(=O)(=O)c1cccc(-c3ccc(C(=O)O)n3C)c1)CC(=O)O2. The molecular formula is C21H19N3O9S2. The number of para-hydroxylation sites is 1. The summed E-state index contributed by atoms with van der Waals surface area (Å²) >= 11 is 0. The molecule has 35 heavy (non-hydrogen) atoms. The molecule has 184 valence electrons. The summed E-state index contributed by atoms with van der Waals surface area (Å²) in [5, 5.41) is 9.25. The predicted octanol–water partition coefficient (Wildman–Crippen LogP) is 1.35. The quantitative estimate of drug-likeness (QED) is 0.345. The van der Waals surface area contributed by atoms with E-state index in [9.17, 15) is 31.5 Å². The third-order valence-electron chi connectivity index (χ3n) is 5.21. The van der Waals surface area contributed by atoms with Crippen molar-refractivity contribution in [2.45, 2.75) is 4.90 Å². The molecule has 0 saturated carbocycles. The van der Waals surface area contributed by atoms with Crippen LogP contribution in [0, 0.1) is 0 Å². The maximum Gasteiger partial charge on any atom is 0.352 e. The van der Waals surface area contributed by atoms with Gasteiger partial charge in [-0.2, -0.15) is 8.42 Å². The third kappa shape index (κ3) is 4.45. The molecule has 0 amide bonds. The normalized spacial score (nSPS) is 13.8. The van der Waals surface area contributed by atoms with Gasteiger partial charge >= 0.3 is 22.1 Å². The Morgan fingerprint density at radius 2 is 1.80 bits per heavy atom. The topological polar surface area (TPSA) is 161 Å². The van der Waals surface area contributed by atoms with Gasteiger partial charge in [0.25, 0.3) is 10.0 Å². The highest BCUT2D eigenvalue weighted by molar-refractivity contribution is 8.05. The van der Waals surface area contributed by atoms with Gasteiger partial charge in [0.2, 0.25) is 0 Å². The molecule has 1 aliphatic heterocycles. The van der Waals surface area contributed by atoms with Crippen molar-refractivity contribution in [3.63, 3.8) is 0 Å². The highest BCUT2D eigenvalue weighted by Gasteiger charge is 2.36. The van der Waals surface area contributed by atoms with Gasteiger partial charge in [-0.15, -0.1) is 0 Å². The number of carboxylic acids is 1. The maximum atomic E-state index is 13.1. The second kappa shape index (κ2) is 8.72. The second-order valence-corrected chi connectivity index (χ2v) is 10.9. The van der Waals surface area contributed by atoms with Crippen LogP contribution in [-0.2, 0) is 32.1 Å². The predicted molar refractivity (Wildman–Crippen MR) is 123 cm³/mol. The fraction of sp³-hybridized carbons (Fsp3) is 0.143. The average Bonchev–Trinajstić information content (AvgIpc) is 3.15. The Kier molecular flexibility index (Phi) is 6.04. The first kappa shape index (κ1) is 24.3. The number of aromatic carboxylic acids is 1. The molecule has 2 heterocycles. The molecule has 14 heteroatoms. The Labute approximate surface area is 200 Å². The zero-order chi connectivity index (χ0) is 25.5. The van der Waals surface area contributed by atoms with Crippen molar-refractivity contribution in [2.75, 3.05) is 18.0 Å². The van der Waals surface area contributed by atoms with Crippen molar-refractivity contribution < 1.29 is 41.0 Å². The number of nitrogens with one attached hydrogen (secondary N) is 1. The molecule has 0 radical (unpaired) electrons. The molecule has 0 aliphatic carbocycles. The van der Waals surface area contributed by atoms with Gasteiger partial charge in [0.05, 0.1) is 17.7 Å². The fourth-order valence-corrected chi connectivity index (χ4v) is 6.70. The maximum absolute atomic E-state index is 13.1. The van der Waals surface area contributed by atoms with Crippen LogP contribution in [0.25, 0.3) is 11.3 Å². The van der Waals surface area contributed by atoms with Crippen molar-refractivity contribution in [1.82, 2.24) is 8.69 Å². The van der Waals surface area contributed by atoms with Crippen LogP contribution in [0.5, 0.6) is 11.5 Å². The lowest BCUT2D eigenvalue weighted by Gasteiger charge is -2.22. The minimum atomic E-state index is -4.84. The minimum Gasteiger partial charge on any atom is -0.491 e. The Bertz CT molecular complexity index is 1560. The van der Waals surface area contributed by atoms with Gasteiger partial charge in [-0.25, -0.2) is 22.3 Å². The van der Waals surface area contributed by atoms with Gasteiger partial charge in [0.1, 0.15) is 12.2 Å². The number of carbonyl (C=O) groups excluding carboxylic acids is 1. The lowest BCUT2D eigenvalue weighted by molar-refractivity contribution is -0.132. The van der Waals surface area contributed by atoms with E-state index in [0.717, 1.165) is 0 Å². The number of carbonyl (C=O) groups is 2. The molecular weight excluding hydrogens is 502 g/mol. The summed E-state index contributed by atoms with van der Waals surface area (Å²) in [6, 6.07) is 12.4. The van der Waals surface area contributed by atoms with E-state index < -0.39 is 43.6 Å². The summed E-state index contributed by atoms with van der Waals surface area (Å²) in [6.45, 7) is -0.796. The van der Waals surface area contributed by atoms with Gasteiger partial charge < -0.3 is 19.1 Å². The summed E-state index contributed by atoms with van der Waals surface area (Å²) in [4.78, 5) is 23.1. The van der Waals surface area contributed by atoms with Crippen LogP contribution < -0.4 is 17.9 Å². The van der Waals surface area contributed by atoms with Crippen molar-refractivity contribution in [3.05, 3.63) is 60.3 Å². The lowest BCUT2D eigenvalue weighted by Crippen LogP contribution is -2.46. The largest absolute Gasteiger partial charge is 0.491 e. The highest BCUT2D eigenvalue weighted by atomic mass is 32.3. The van der Waals surface area contributed by atoms with Gasteiger partial charge in [-0.05, 0) is 42.0 Å². The van der Waals surface area contributed by atoms with Gasteiger partial charge in [-0.1, -0.05) is 22.3 Å². The molecule has 0 spiro atoms. The van der Waals surface area contributed by atoms with Gasteiger partial charge in [0.15, 0.2) is 11.5 Å². The molecule has 1 aliphatic rings. The standard InChI is InChI=1S/C21H19N3O9S2/c1-23-15(9-10-17(23)21(26)27)13-5-3-6-14(11-13)34(28,29)22-35(30,31)24-12-19(25)33-18-8-4-7-16(24)20(18)32-2/h3-11,22H,12H2,1-2H3,(H,26,27). The molecule has 12 nitrogen and oxygen atoms in total. The van der Waals surface area contributed by atoms with E-state index in [1.165, 1.54) is 67.3 Å². The van der Waals surface area contributed by atoms with Crippen molar-refractivity contribution in [2.24, 2.45) is 7.05 Å². The minimum absolute atomic E-state index is 0.00782. The molecule has 0 fully saturated rings. The first-order valence-electron chi connectivity index (χ1n) is 9.88. The zero-order valence-electron chi connectivity index (χ0n) is 18.3. The smallest absolute Gasteiger partial charge is 0.352 e. The van der Waals surface area contributed by atoms with E-state index in [2.05, 4.69) is 0 Å². The molecule has 3 aromatic rings. The third-order valence-corrected chi connectivity index (χ3v) is 8.71. The number of methoxy groups -OCH3 is 1. The number of carboxylic acid groups (broad SMARTS) is 1. The van der Waals surface area contributed by atoms with Gasteiger partial charge in [-0.3, -0.25) is 0 Å². The van der Waals surface area contributed by atoms with Crippen LogP contribution >= 0.6 is 0 Å². The summed E-state index contributed by atoms with van der Waals surface area (Å²) in [5.41, 5.74) is 0.641. The Hall–Kier alpha value is -3.88. The lowest BCUT2D eigenvalue weighted by atomic mass is 10.1. The van der Waals surface area contributed by atoms with Crippen molar-refractivity contribution >= 4 is 37.9 Å². The summed E-state index contributed by atoms with van der Waals surface area (Å²) in [7, 11) is -6.74. The van der Waals surface area contributed by atoms with E-state index in [1.807, 2.05) is 0 Å². The Morgan fingerprint density at radius 3 is 2.46 bits per heavy atom. The number of rotatable bonds is 7. The van der Waals surface area contributed by atoms with Crippen LogP contribution in [-0.4, -0.2) is 52.1 Å². The first-order chi connectivity index (χ1) is 16.4. The number of fused-ring (bicyclic) bond motifs is 2. The van der Waals surface area contributed by atoms with Crippen LogP contribution in [0.3, 0.4) is 0 Å². The number of hydrogen-bond donors (Lipinski definition) is 2. The summed E-state index contributed by atoms with van der Waals surface area (Å²) in [5.74, 6) is -2.16. The van der Waals surface area contributed by atoms with E-state index in [0.29, 0.717) is 15.6 Å². The van der Waals surface area contributed by atoms with Crippen molar-refractivity contribution in [1.29, 1.82) is 0 Å². The number of benzene rings is 2. The molecule has 2 bridgehead atoms. The molecule has 2 aromatic carbocycles. The van der Waals surface area contributed by atoms with Crippen molar-refractivity contribution in [3.8, 4) is 22.8 Å². The van der Waals surface area contributed by atoms with Crippen LogP contribution in [0.1, 0.15) is 10.5 Å². The van der Waals surface area contributed by atoms with Crippen LogP contribution in [0.4, 0.5) is 5.69 Å².